The van der Waals surface area contributed by atoms with Crippen molar-refractivity contribution in [1.82, 2.24) is 0 Å². The molecule has 0 atom stereocenters. The molecule has 1 aromatic carbocycles. The molecule has 0 fully saturated rings. The van der Waals surface area contributed by atoms with Gasteiger partial charge in [-0.25, -0.2) is 0 Å². The number of carbonyl (C=O) groups is 1. The lowest BCUT2D eigenvalue weighted by molar-refractivity contribution is -0.154. The highest BCUT2D eigenvalue weighted by Crippen LogP contribution is 2.11. The van der Waals surface area contributed by atoms with E-state index in [2.05, 4.69) is 31.2 Å². The molecule has 0 saturated carbocycles. The van der Waals surface area contributed by atoms with Crippen molar-refractivity contribution in [2.24, 2.45) is 0 Å². The van der Waals surface area contributed by atoms with Crippen molar-refractivity contribution >= 4 is 5.97 Å². The van der Waals surface area contributed by atoms with Gasteiger partial charge in [-0.1, -0.05) is 31.2 Å². The van der Waals surface area contributed by atoms with E-state index in [1.54, 1.807) is 0 Å². The Kier molecular flexibility index (Phi) is 4.73. The van der Waals surface area contributed by atoms with Crippen LogP contribution in [-0.4, -0.2) is 11.6 Å². The molecule has 17 heavy (non-hydrogen) atoms. The third kappa shape index (κ3) is 5.53. The fourth-order valence-electron chi connectivity index (χ4n) is 1.58. The first kappa shape index (κ1) is 13.8. The first-order chi connectivity index (χ1) is 7.90. The summed E-state index contributed by atoms with van der Waals surface area (Å²) < 4.78 is 5.27. The van der Waals surface area contributed by atoms with Crippen LogP contribution in [-0.2, 0) is 22.4 Å². The van der Waals surface area contributed by atoms with Crippen molar-refractivity contribution in [1.29, 1.82) is 0 Å². The van der Waals surface area contributed by atoms with Gasteiger partial charge in [-0.3, -0.25) is 4.79 Å². The van der Waals surface area contributed by atoms with Gasteiger partial charge in [0, 0.05) is 6.42 Å². The van der Waals surface area contributed by atoms with E-state index in [1.165, 1.54) is 11.1 Å². The number of esters is 1. The van der Waals surface area contributed by atoms with Gasteiger partial charge in [0.15, 0.2) is 0 Å². The van der Waals surface area contributed by atoms with Crippen molar-refractivity contribution < 1.29 is 9.53 Å². The van der Waals surface area contributed by atoms with Gasteiger partial charge < -0.3 is 4.74 Å². The molecule has 0 aromatic heterocycles. The van der Waals surface area contributed by atoms with Gasteiger partial charge in [0.25, 0.3) is 0 Å². The Balaban J connectivity index is 2.42. The smallest absolute Gasteiger partial charge is 0.306 e. The van der Waals surface area contributed by atoms with Crippen LogP contribution in [0, 0.1) is 0 Å². The molecule has 1 rings (SSSR count). The Morgan fingerprint density at radius 1 is 1.12 bits per heavy atom. The van der Waals surface area contributed by atoms with Crippen molar-refractivity contribution in [3.8, 4) is 0 Å². The molecule has 2 heteroatoms. The number of aryl methyl sites for hydroxylation is 2. The molecule has 94 valence electrons. The van der Waals surface area contributed by atoms with Gasteiger partial charge in [-0.05, 0) is 44.7 Å². The van der Waals surface area contributed by atoms with Crippen LogP contribution < -0.4 is 0 Å². The van der Waals surface area contributed by atoms with Crippen LogP contribution in [0.5, 0.6) is 0 Å². The number of rotatable bonds is 4. The highest BCUT2D eigenvalue weighted by molar-refractivity contribution is 5.70. The Morgan fingerprint density at radius 3 is 2.12 bits per heavy atom. The van der Waals surface area contributed by atoms with Gasteiger partial charge in [0.1, 0.15) is 5.60 Å². The summed E-state index contributed by atoms with van der Waals surface area (Å²) in [6.07, 6.45) is 2.24. The second-order valence-electron chi connectivity index (χ2n) is 5.26. The maximum atomic E-state index is 11.5. The minimum atomic E-state index is -0.386. The Morgan fingerprint density at radius 2 is 1.65 bits per heavy atom. The summed E-state index contributed by atoms with van der Waals surface area (Å²) in [4.78, 5) is 11.5. The lowest BCUT2D eigenvalue weighted by Gasteiger charge is -2.19. The Labute approximate surface area is 104 Å². The van der Waals surface area contributed by atoms with Crippen LogP contribution in [0.1, 0.15) is 45.2 Å². The summed E-state index contributed by atoms with van der Waals surface area (Å²) in [5.41, 5.74) is 2.13. The molecule has 0 spiro atoms. The van der Waals surface area contributed by atoms with Crippen molar-refractivity contribution in [3.05, 3.63) is 35.4 Å². The van der Waals surface area contributed by atoms with E-state index in [0.29, 0.717) is 6.42 Å². The van der Waals surface area contributed by atoms with Gasteiger partial charge in [0.05, 0.1) is 0 Å². The minimum Gasteiger partial charge on any atom is -0.460 e. The van der Waals surface area contributed by atoms with Crippen molar-refractivity contribution in [2.75, 3.05) is 0 Å². The van der Waals surface area contributed by atoms with E-state index in [4.69, 9.17) is 4.74 Å². The second kappa shape index (κ2) is 5.85. The van der Waals surface area contributed by atoms with E-state index in [0.717, 1.165) is 12.8 Å². The summed E-state index contributed by atoms with van der Waals surface area (Å²) in [6, 6.07) is 8.40. The number of carbonyl (C=O) groups excluding carboxylic acids is 1. The first-order valence-corrected chi connectivity index (χ1v) is 6.20. The zero-order valence-corrected chi connectivity index (χ0v) is 11.2. The second-order valence-corrected chi connectivity index (χ2v) is 5.26. The van der Waals surface area contributed by atoms with Crippen LogP contribution in [0.25, 0.3) is 0 Å². The molecule has 0 heterocycles. The van der Waals surface area contributed by atoms with Gasteiger partial charge in [-0.2, -0.15) is 0 Å². The summed E-state index contributed by atoms with van der Waals surface area (Å²) in [5.74, 6) is -0.128. The molecular weight excluding hydrogens is 212 g/mol. The maximum absolute atomic E-state index is 11.5. The number of hydrogen-bond donors (Lipinski definition) is 0. The van der Waals surface area contributed by atoms with Gasteiger partial charge in [0.2, 0.25) is 0 Å². The zero-order valence-electron chi connectivity index (χ0n) is 11.2. The van der Waals surface area contributed by atoms with Crippen molar-refractivity contribution in [3.63, 3.8) is 0 Å². The molecule has 0 radical (unpaired) electrons. The van der Waals surface area contributed by atoms with Crippen LogP contribution >= 0.6 is 0 Å². The molecule has 0 unspecified atom stereocenters. The van der Waals surface area contributed by atoms with E-state index in [9.17, 15) is 4.79 Å². The third-order valence-electron chi connectivity index (χ3n) is 2.47. The maximum Gasteiger partial charge on any atom is 0.306 e. The quantitative estimate of drug-likeness (QED) is 0.745. The van der Waals surface area contributed by atoms with Gasteiger partial charge >= 0.3 is 5.97 Å². The average molecular weight is 234 g/mol. The summed E-state index contributed by atoms with van der Waals surface area (Å²) in [5, 5.41) is 0. The normalized spacial score (nSPS) is 11.3. The molecular formula is C15H22O2. The van der Waals surface area contributed by atoms with Crippen LogP contribution in [0.2, 0.25) is 0 Å². The fourth-order valence-corrected chi connectivity index (χ4v) is 1.58. The molecule has 0 bridgehead atoms. The number of hydrogen-bond acceptors (Lipinski definition) is 2. The monoisotopic (exact) mass is 234 g/mol. The molecule has 0 N–H and O–H groups in total. The number of benzene rings is 1. The topological polar surface area (TPSA) is 26.3 Å². The lowest BCUT2D eigenvalue weighted by atomic mass is 10.1. The predicted molar refractivity (Wildman–Crippen MR) is 70.0 cm³/mol. The fraction of sp³-hybridized carbons (Fsp3) is 0.533. The van der Waals surface area contributed by atoms with E-state index >= 15 is 0 Å². The average Bonchev–Trinajstić information content (AvgIpc) is 2.25. The summed E-state index contributed by atoms with van der Waals surface area (Å²) >= 11 is 0. The highest BCUT2D eigenvalue weighted by Gasteiger charge is 2.15. The molecule has 0 amide bonds. The first-order valence-electron chi connectivity index (χ1n) is 6.20. The molecule has 0 aliphatic heterocycles. The Bertz CT molecular complexity index is 358. The minimum absolute atomic E-state index is 0.128. The molecule has 1 aromatic rings. The molecule has 0 saturated heterocycles. The third-order valence-corrected chi connectivity index (χ3v) is 2.47. The van der Waals surface area contributed by atoms with Crippen LogP contribution in [0.15, 0.2) is 24.3 Å². The molecule has 0 aliphatic carbocycles. The standard InChI is InChI=1S/C15H22O2/c1-5-12-6-8-13(9-7-12)10-11-14(16)17-15(2,3)4/h6-9H,5,10-11H2,1-4H3. The predicted octanol–water partition coefficient (Wildman–Crippen LogP) is 3.52. The SMILES string of the molecule is CCc1ccc(CCC(=O)OC(C)(C)C)cc1. The Hall–Kier alpha value is -1.31. The lowest BCUT2D eigenvalue weighted by Crippen LogP contribution is -2.23. The van der Waals surface area contributed by atoms with Gasteiger partial charge in [-0.15, -0.1) is 0 Å². The van der Waals surface area contributed by atoms with Crippen LogP contribution in [0.3, 0.4) is 0 Å². The molecule has 2 nitrogen and oxygen atoms in total. The molecule has 0 aliphatic rings. The van der Waals surface area contributed by atoms with E-state index in [-0.39, 0.29) is 11.6 Å². The summed E-state index contributed by atoms with van der Waals surface area (Å²) in [6.45, 7) is 7.80. The van der Waals surface area contributed by atoms with Crippen molar-refractivity contribution in [2.45, 2.75) is 52.6 Å². The summed E-state index contributed by atoms with van der Waals surface area (Å²) in [7, 11) is 0. The van der Waals surface area contributed by atoms with Crippen LogP contribution in [0.4, 0.5) is 0 Å². The van der Waals surface area contributed by atoms with E-state index < -0.39 is 0 Å². The van der Waals surface area contributed by atoms with E-state index in [1.807, 2.05) is 20.8 Å². The zero-order chi connectivity index (χ0) is 12.9. The number of ether oxygens (including phenoxy) is 1. The largest absolute Gasteiger partial charge is 0.460 e. The highest BCUT2D eigenvalue weighted by atomic mass is 16.6.